The largest absolute Gasteiger partial charge is 0.502 e. The minimum atomic E-state index is -1.15. The highest BCUT2D eigenvalue weighted by Crippen LogP contribution is 2.33. The number of phenolic OH excluding ortho intramolecular Hbond substituents is 1. The highest BCUT2D eigenvalue weighted by molar-refractivity contribution is 5.98. The average Bonchev–Trinajstić information content (AvgIpc) is 2.55. The molecular formula is C10H8N2O5. The third-order valence-electron chi connectivity index (χ3n) is 2.56. The first-order chi connectivity index (χ1) is 7.91. The van der Waals surface area contributed by atoms with Crippen molar-refractivity contribution in [1.82, 2.24) is 4.98 Å². The molecule has 0 bridgehead atoms. The van der Waals surface area contributed by atoms with E-state index in [1.807, 2.05) is 0 Å². The molecule has 0 aliphatic heterocycles. The number of aromatic nitrogens is 1. The van der Waals surface area contributed by atoms with Gasteiger partial charge in [0.2, 0.25) is 0 Å². The van der Waals surface area contributed by atoms with E-state index in [4.69, 9.17) is 5.11 Å². The van der Waals surface area contributed by atoms with Crippen LogP contribution in [0.2, 0.25) is 0 Å². The van der Waals surface area contributed by atoms with Gasteiger partial charge >= 0.3 is 11.7 Å². The van der Waals surface area contributed by atoms with Crippen LogP contribution in [0, 0.1) is 17.0 Å². The van der Waals surface area contributed by atoms with Gasteiger partial charge in [-0.25, -0.2) is 4.79 Å². The van der Waals surface area contributed by atoms with Crippen molar-refractivity contribution in [3.8, 4) is 5.75 Å². The van der Waals surface area contributed by atoms with Crippen LogP contribution < -0.4 is 0 Å². The highest BCUT2D eigenvalue weighted by Gasteiger charge is 2.19. The molecule has 0 radical (unpaired) electrons. The highest BCUT2D eigenvalue weighted by atomic mass is 16.6. The number of nitrogens with one attached hydrogen (secondary N) is 1. The first-order valence-corrected chi connectivity index (χ1v) is 4.64. The van der Waals surface area contributed by atoms with Crippen molar-refractivity contribution in [2.75, 3.05) is 0 Å². The number of carbonyl (C=O) groups is 1. The summed E-state index contributed by atoms with van der Waals surface area (Å²) in [6.45, 7) is 1.56. The van der Waals surface area contributed by atoms with Crippen LogP contribution in [0.4, 0.5) is 5.69 Å². The topological polar surface area (TPSA) is 116 Å². The maximum atomic E-state index is 10.9. The van der Waals surface area contributed by atoms with E-state index in [1.165, 1.54) is 6.07 Å². The lowest BCUT2D eigenvalue weighted by molar-refractivity contribution is -0.385. The number of fused-ring (bicyclic) bond motifs is 1. The number of carboxylic acid groups (broad SMARTS) is 1. The Labute approximate surface area is 94.5 Å². The Bertz CT molecular complexity index is 632. The molecule has 1 aromatic carbocycles. The molecule has 2 aromatic rings. The summed E-state index contributed by atoms with van der Waals surface area (Å²) >= 11 is 0. The fraction of sp³-hybridized carbons (Fsp3) is 0.100. The smallest absolute Gasteiger partial charge is 0.352 e. The van der Waals surface area contributed by atoms with Gasteiger partial charge in [0.1, 0.15) is 5.69 Å². The Morgan fingerprint density at radius 2 is 2.12 bits per heavy atom. The van der Waals surface area contributed by atoms with Gasteiger partial charge in [0.25, 0.3) is 0 Å². The van der Waals surface area contributed by atoms with Gasteiger partial charge in [0, 0.05) is 11.5 Å². The molecule has 3 N–H and O–H groups in total. The fourth-order valence-electron chi connectivity index (χ4n) is 1.71. The first kappa shape index (κ1) is 10.9. The van der Waals surface area contributed by atoms with Gasteiger partial charge in [0.05, 0.1) is 10.4 Å². The Balaban J connectivity index is 2.80. The van der Waals surface area contributed by atoms with Gasteiger partial charge in [0.15, 0.2) is 5.75 Å². The summed E-state index contributed by atoms with van der Waals surface area (Å²) in [5.41, 5.74) is 0.234. The van der Waals surface area contributed by atoms with Crippen molar-refractivity contribution < 1.29 is 19.9 Å². The van der Waals surface area contributed by atoms with Gasteiger partial charge in [-0.15, -0.1) is 0 Å². The molecule has 0 saturated carbocycles. The van der Waals surface area contributed by atoms with Crippen molar-refractivity contribution in [1.29, 1.82) is 0 Å². The fourth-order valence-corrected chi connectivity index (χ4v) is 1.71. The van der Waals surface area contributed by atoms with Crippen LogP contribution in [0.15, 0.2) is 12.1 Å². The van der Waals surface area contributed by atoms with Crippen molar-refractivity contribution in [3.05, 3.63) is 33.5 Å². The molecule has 0 spiro atoms. The molecule has 7 nitrogen and oxygen atoms in total. The predicted octanol–water partition coefficient (Wildman–Crippen LogP) is 1.79. The predicted molar refractivity (Wildman–Crippen MR) is 58.3 cm³/mol. The number of aromatic carboxylic acids is 1. The van der Waals surface area contributed by atoms with Crippen molar-refractivity contribution in [3.63, 3.8) is 0 Å². The molecule has 88 valence electrons. The van der Waals surface area contributed by atoms with E-state index in [2.05, 4.69) is 4.98 Å². The monoisotopic (exact) mass is 236 g/mol. The normalized spacial score (nSPS) is 10.6. The zero-order chi connectivity index (χ0) is 12.7. The maximum Gasteiger partial charge on any atom is 0.352 e. The molecule has 0 saturated heterocycles. The lowest BCUT2D eigenvalue weighted by atomic mass is 10.1. The number of nitro groups is 1. The summed E-state index contributed by atoms with van der Waals surface area (Å²) in [4.78, 5) is 23.3. The van der Waals surface area contributed by atoms with Crippen LogP contribution in [0.3, 0.4) is 0 Å². The number of aryl methyl sites for hydroxylation is 1. The number of hydrogen-bond donors (Lipinski definition) is 3. The second-order valence-electron chi connectivity index (χ2n) is 3.57. The Kier molecular flexibility index (Phi) is 2.24. The van der Waals surface area contributed by atoms with Crippen LogP contribution in [0.5, 0.6) is 5.75 Å². The van der Waals surface area contributed by atoms with E-state index in [0.29, 0.717) is 16.5 Å². The number of hydrogen-bond acceptors (Lipinski definition) is 4. The van der Waals surface area contributed by atoms with Gasteiger partial charge < -0.3 is 15.2 Å². The summed E-state index contributed by atoms with van der Waals surface area (Å²) in [7, 11) is 0. The number of benzene rings is 1. The summed E-state index contributed by atoms with van der Waals surface area (Å²) in [6, 6.07) is 2.30. The van der Waals surface area contributed by atoms with Crippen molar-refractivity contribution in [2.24, 2.45) is 0 Å². The van der Waals surface area contributed by atoms with Gasteiger partial charge in [-0.05, 0) is 18.6 Å². The molecule has 0 atom stereocenters. The van der Waals surface area contributed by atoms with Crippen LogP contribution in [0.1, 0.15) is 16.1 Å². The molecule has 0 amide bonds. The zero-order valence-electron chi connectivity index (χ0n) is 8.72. The third-order valence-corrected chi connectivity index (χ3v) is 2.56. The lowest BCUT2D eigenvalue weighted by Crippen LogP contribution is -1.97. The maximum absolute atomic E-state index is 10.9. The number of nitro benzene ring substituents is 1. The van der Waals surface area contributed by atoms with Crippen molar-refractivity contribution in [2.45, 2.75) is 6.92 Å². The van der Waals surface area contributed by atoms with Crippen LogP contribution in [-0.2, 0) is 0 Å². The van der Waals surface area contributed by atoms with E-state index < -0.39 is 22.3 Å². The Morgan fingerprint density at radius 3 is 2.65 bits per heavy atom. The van der Waals surface area contributed by atoms with Crippen LogP contribution in [-0.4, -0.2) is 26.1 Å². The SMILES string of the molecule is Cc1c(C(=O)O)[nH]c2cc([N+](=O)[O-])c(O)cc12. The van der Waals surface area contributed by atoms with E-state index in [9.17, 15) is 20.0 Å². The molecule has 17 heavy (non-hydrogen) atoms. The quantitative estimate of drug-likeness (QED) is 0.542. The Hall–Kier alpha value is -2.57. The number of nitrogens with zero attached hydrogens (tertiary/aromatic N) is 1. The van der Waals surface area contributed by atoms with E-state index in [-0.39, 0.29) is 5.69 Å². The second kappa shape index (κ2) is 3.48. The van der Waals surface area contributed by atoms with E-state index in [1.54, 1.807) is 6.92 Å². The van der Waals surface area contributed by atoms with E-state index in [0.717, 1.165) is 6.07 Å². The number of H-pyrrole nitrogens is 1. The number of phenols is 1. The first-order valence-electron chi connectivity index (χ1n) is 4.64. The molecular weight excluding hydrogens is 228 g/mol. The molecule has 1 heterocycles. The number of aromatic hydroxyl groups is 1. The summed E-state index contributed by atoms with van der Waals surface area (Å²) < 4.78 is 0. The summed E-state index contributed by atoms with van der Waals surface area (Å²) in [5, 5.41) is 29.4. The molecule has 0 aliphatic rings. The van der Waals surface area contributed by atoms with E-state index >= 15 is 0 Å². The second-order valence-corrected chi connectivity index (χ2v) is 3.57. The van der Waals surface area contributed by atoms with Gasteiger partial charge in [-0.1, -0.05) is 0 Å². The van der Waals surface area contributed by atoms with Crippen LogP contribution >= 0.6 is 0 Å². The van der Waals surface area contributed by atoms with Gasteiger partial charge in [-0.3, -0.25) is 10.1 Å². The number of rotatable bonds is 2. The minimum Gasteiger partial charge on any atom is -0.502 e. The van der Waals surface area contributed by atoms with Crippen molar-refractivity contribution >= 4 is 22.6 Å². The lowest BCUT2D eigenvalue weighted by Gasteiger charge is -1.96. The number of aromatic amines is 1. The zero-order valence-corrected chi connectivity index (χ0v) is 8.72. The molecule has 0 unspecified atom stereocenters. The van der Waals surface area contributed by atoms with Crippen LogP contribution in [0.25, 0.3) is 10.9 Å². The molecule has 0 fully saturated rings. The average molecular weight is 236 g/mol. The standard InChI is InChI=1S/C10H8N2O5/c1-4-5-2-8(13)7(12(16)17)3-6(5)11-9(4)10(14)15/h2-3,11,13H,1H3,(H,14,15). The number of carboxylic acids is 1. The molecule has 1 aromatic heterocycles. The molecule has 0 aliphatic carbocycles. The molecule has 2 rings (SSSR count). The molecule has 7 heteroatoms. The summed E-state index contributed by atoms with van der Waals surface area (Å²) in [6.07, 6.45) is 0. The third kappa shape index (κ3) is 1.57. The minimum absolute atomic E-state index is 0.0418. The van der Waals surface area contributed by atoms with Gasteiger partial charge in [-0.2, -0.15) is 0 Å². The Morgan fingerprint density at radius 1 is 1.47 bits per heavy atom. The summed E-state index contributed by atoms with van der Waals surface area (Å²) in [5.74, 6) is -1.64.